The number of nitrogens with one attached hydrogen (secondary N) is 1. The highest BCUT2D eigenvalue weighted by molar-refractivity contribution is 9.10. The number of carbonyl (C=O) groups is 2. The number of thioether (sulfide) groups is 1. The predicted molar refractivity (Wildman–Crippen MR) is 89.4 cm³/mol. The van der Waals surface area contributed by atoms with Gasteiger partial charge in [0.1, 0.15) is 0 Å². The third-order valence-corrected chi connectivity index (χ3v) is 4.67. The number of nitrogens with zero attached hydrogens (tertiary/aromatic N) is 2. The van der Waals surface area contributed by atoms with E-state index in [1.54, 1.807) is 13.1 Å². The second-order valence-corrected chi connectivity index (χ2v) is 6.83. The average Bonchev–Trinajstić information content (AvgIpc) is 2.80. The van der Waals surface area contributed by atoms with Crippen LogP contribution in [-0.4, -0.2) is 26.7 Å². The molecule has 116 valence electrons. The van der Waals surface area contributed by atoms with Crippen molar-refractivity contribution < 1.29 is 9.59 Å². The quantitative estimate of drug-likeness (QED) is 0.794. The van der Waals surface area contributed by atoms with Crippen molar-refractivity contribution in [1.29, 1.82) is 0 Å². The Hall–Kier alpha value is -1.80. The van der Waals surface area contributed by atoms with Gasteiger partial charge in [0.15, 0.2) is 5.16 Å². The van der Waals surface area contributed by atoms with Crippen molar-refractivity contribution in [2.75, 3.05) is 0 Å². The van der Waals surface area contributed by atoms with Crippen LogP contribution in [0.15, 0.2) is 40.1 Å². The Morgan fingerprint density at radius 1 is 1.36 bits per heavy atom. The van der Waals surface area contributed by atoms with Gasteiger partial charge in [-0.1, -0.05) is 39.8 Å². The van der Waals surface area contributed by atoms with Crippen LogP contribution in [0.3, 0.4) is 0 Å². The van der Waals surface area contributed by atoms with Gasteiger partial charge < -0.3 is 10.3 Å². The van der Waals surface area contributed by atoms with E-state index in [4.69, 9.17) is 5.73 Å². The van der Waals surface area contributed by atoms with Gasteiger partial charge >= 0.3 is 6.03 Å². The van der Waals surface area contributed by atoms with Gasteiger partial charge in [-0.25, -0.2) is 9.78 Å². The van der Waals surface area contributed by atoms with Crippen molar-refractivity contribution in [3.8, 4) is 11.3 Å². The van der Waals surface area contributed by atoms with E-state index < -0.39 is 17.2 Å². The lowest BCUT2D eigenvalue weighted by Gasteiger charge is -2.10. The summed E-state index contributed by atoms with van der Waals surface area (Å²) in [6, 6.07) is 7.03. The van der Waals surface area contributed by atoms with Crippen molar-refractivity contribution >= 4 is 39.6 Å². The third-order valence-electron chi connectivity index (χ3n) is 2.98. The standard InChI is InChI=1S/C14H15BrN4O2S/c1-8(12(20)18-13(16)21)22-14-17-7-11(19(14)2)9-3-5-10(15)6-4-9/h3-8H,1-2H3,(H3,16,18,20,21)/t8-/m0/s1. The van der Waals surface area contributed by atoms with Crippen molar-refractivity contribution in [2.24, 2.45) is 12.8 Å². The van der Waals surface area contributed by atoms with Gasteiger partial charge in [-0.3, -0.25) is 10.1 Å². The van der Waals surface area contributed by atoms with E-state index in [9.17, 15) is 9.59 Å². The molecule has 1 aromatic carbocycles. The predicted octanol–water partition coefficient (Wildman–Crippen LogP) is 2.53. The fourth-order valence-corrected chi connectivity index (χ4v) is 2.94. The van der Waals surface area contributed by atoms with Gasteiger partial charge in [0.2, 0.25) is 5.91 Å². The zero-order valence-corrected chi connectivity index (χ0v) is 14.4. The van der Waals surface area contributed by atoms with Gasteiger partial charge in [0, 0.05) is 11.5 Å². The molecule has 3 amide bonds. The number of rotatable bonds is 4. The van der Waals surface area contributed by atoms with E-state index in [1.165, 1.54) is 11.8 Å². The highest BCUT2D eigenvalue weighted by Crippen LogP contribution is 2.28. The van der Waals surface area contributed by atoms with Crippen LogP contribution in [0.25, 0.3) is 11.3 Å². The van der Waals surface area contributed by atoms with Crippen molar-refractivity contribution in [3.63, 3.8) is 0 Å². The molecule has 2 rings (SSSR count). The molecular formula is C14H15BrN4O2S. The fraction of sp³-hybridized carbons (Fsp3) is 0.214. The van der Waals surface area contributed by atoms with Gasteiger partial charge in [-0.15, -0.1) is 0 Å². The van der Waals surface area contributed by atoms with Crippen LogP contribution in [0.5, 0.6) is 0 Å². The molecule has 0 aliphatic carbocycles. The minimum atomic E-state index is -0.854. The van der Waals surface area contributed by atoms with Gasteiger partial charge in [-0.2, -0.15) is 0 Å². The molecule has 0 radical (unpaired) electrons. The number of imidazole rings is 1. The molecule has 0 unspecified atom stereocenters. The number of halogens is 1. The Balaban J connectivity index is 2.16. The van der Waals surface area contributed by atoms with E-state index in [1.807, 2.05) is 35.9 Å². The number of aromatic nitrogens is 2. The Morgan fingerprint density at radius 2 is 2.00 bits per heavy atom. The van der Waals surface area contributed by atoms with E-state index in [0.29, 0.717) is 5.16 Å². The van der Waals surface area contributed by atoms with Gasteiger partial charge in [0.05, 0.1) is 17.1 Å². The average molecular weight is 383 g/mol. The first-order valence-corrected chi connectivity index (χ1v) is 8.10. The van der Waals surface area contributed by atoms with Gasteiger partial charge in [0.25, 0.3) is 0 Å². The first-order valence-electron chi connectivity index (χ1n) is 6.43. The summed E-state index contributed by atoms with van der Waals surface area (Å²) in [5.74, 6) is -0.439. The molecule has 1 atom stereocenters. The number of primary amides is 1. The lowest BCUT2D eigenvalue weighted by Crippen LogP contribution is -2.39. The number of amides is 3. The minimum absolute atomic E-state index is 0.439. The van der Waals surface area contributed by atoms with Crippen LogP contribution < -0.4 is 11.1 Å². The van der Waals surface area contributed by atoms with Crippen LogP contribution in [0, 0.1) is 0 Å². The number of hydrogen-bond donors (Lipinski definition) is 2. The Labute approximate surface area is 140 Å². The normalized spacial score (nSPS) is 12.0. The summed E-state index contributed by atoms with van der Waals surface area (Å²) < 4.78 is 2.91. The van der Waals surface area contributed by atoms with E-state index in [2.05, 4.69) is 26.2 Å². The second-order valence-electron chi connectivity index (χ2n) is 4.61. The lowest BCUT2D eigenvalue weighted by molar-refractivity contribution is -0.119. The monoisotopic (exact) mass is 382 g/mol. The number of imide groups is 1. The van der Waals surface area contributed by atoms with Crippen molar-refractivity contribution in [3.05, 3.63) is 34.9 Å². The topological polar surface area (TPSA) is 90.0 Å². The molecule has 0 bridgehead atoms. The Bertz CT molecular complexity index is 699. The SMILES string of the molecule is C[C@H](Sc1ncc(-c2ccc(Br)cc2)n1C)C(=O)NC(N)=O. The van der Waals surface area contributed by atoms with E-state index in [0.717, 1.165) is 15.7 Å². The highest BCUT2D eigenvalue weighted by atomic mass is 79.9. The first kappa shape index (κ1) is 16.6. The number of carbonyl (C=O) groups excluding carboxylic acids is 2. The fourth-order valence-electron chi connectivity index (χ4n) is 1.83. The van der Waals surface area contributed by atoms with Crippen LogP contribution in [0.2, 0.25) is 0 Å². The molecule has 0 aliphatic heterocycles. The molecular weight excluding hydrogens is 368 g/mol. The summed E-state index contributed by atoms with van der Waals surface area (Å²) in [6.45, 7) is 1.69. The summed E-state index contributed by atoms with van der Waals surface area (Å²) >= 11 is 4.66. The maximum absolute atomic E-state index is 11.7. The molecule has 0 saturated carbocycles. The Kier molecular flexibility index (Phi) is 5.25. The molecule has 3 N–H and O–H groups in total. The summed E-state index contributed by atoms with van der Waals surface area (Å²) in [5, 5.41) is 2.27. The number of benzene rings is 1. The van der Waals surface area contributed by atoms with E-state index >= 15 is 0 Å². The third kappa shape index (κ3) is 3.89. The molecule has 1 heterocycles. The molecule has 22 heavy (non-hydrogen) atoms. The smallest absolute Gasteiger partial charge is 0.318 e. The maximum atomic E-state index is 11.7. The summed E-state index contributed by atoms with van der Waals surface area (Å²) in [5.41, 5.74) is 6.91. The van der Waals surface area contributed by atoms with Crippen molar-refractivity contribution in [2.45, 2.75) is 17.3 Å². The summed E-state index contributed by atoms with van der Waals surface area (Å²) in [6.07, 6.45) is 1.75. The maximum Gasteiger partial charge on any atom is 0.318 e. The summed E-state index contributed by atoms with van der Waals surface area (Å²) in [4.78, 5) is 26.7. The molecule has 8 heteroatoms. The van der Waals surface area contributed by atoms with Gasteiger partial charge in [-0.05, 0) is 24.6 Å². The number of hydrogen-bond acceptors (Lipinski definition) is 4. The molecule has 0 aliphatic rings. The zero-order valence-electron chi connectivity index (χ0n) is 12.0. The molecule has 0 fully saturated rings. The first-order chi connectivity index (χ1) is 10.4. The lowest BCUT2D eigenvalue weighted by atomic mass is 10.2. The van der Waals surface area contributed by atoms with Crippen LogP contribution in [0.1, 0.15) is 6.92 Å². The summed E-state index contributed by atoms with van der Waals surface area (Å²) in [7, 11) is 1.88. The van der Waals surface area contributed by atoms with Crippen LogP contribution >= 0.6 is 27.7 Å². The molecule has 0 saturated heterocycles. The molecule has 6 nitrogen and oxygen atoms in total. The molecule has 1 aromatic heterocycles. The van der Waals surface area contributed by atoms with Crippen LogP contribution in [-0.2, 0) is 11.8 Å². The van der Waals surface area contributed by atoms with E-state index in [-0.39, 0.29) is 0 Å². The highest BCUT2D eigenvalue weighted by Gasteiger charge is 2.19. The van der Waals surface area contributed by atoms with Crippen LogP contribution in [0.4, 0.5) is 4.79 Å². The second kappa shape index (κ2) is 6.97. The van der Waals surface area contributed by atoms with Crippen molar-refractivity contribution in [1.82, 2.24) is 14.9 Å². The molecule has 2 aromatic rings. The minimum Gasteiger partial charge on any atom is -0.351 e. The Morgan fingerprint density at radius 3 is 2.59 bits per heavy atom. The number of urea groups is 1. The largest absolute Gasteiger partial charge is 0.351 e. The zero-order chi connectivity index (χ0) is 16.3. The molecule has 0 spiro atoms. The number of nitrogens with two attached hydrogens (primary N) is 1.